The van der Waals surface area contributed by atoms with Gasteiger partial charge in [0, 0.05) is 52.4 Å². The van der Waals surface area contributed by atoms with E-state index in [9.17, 15) is 0 Å². The van der Waals surface area contributed by atoms with Crippen molar-refractivity contribution in [2.75, 3.05) is 80.3 Å². The van der Waals surface area contributed by atoms with Crippen LogP contribution >= 0.6 is 0 Å². The zero-order valence-electron chi connectivity index (χ0n) is 17.6. The molecule has 0 aromatic rings. The Morgan fingerprint density at radius 2 is 2.04 bits per heavy atom. The second-order valence-corrected chi connectivity index (χ2v) is 8.02. The zero-order chi connectivity index (χ0) is 19.5. The molecule has 2 atom stereocenters. The molecule has 0 bridgehead atoms. The van der Waals surface area contributed by atoms with Crippen LogP contribution in [-0.4, -0.2) is 113 Å². The van der Waals surface area contributed by atoms with Crippen molar-refractivity contribution in [2.24, 2.45) is 5.90 Å². The van der Waals surface area contributed by atoms with Crippen LogP contribution < -0.4 is 11.2 Å². The average Bonchev–Trinajstić information content (AvgIpc) is 2.67. The minimum Gasteiger partial charge on any atom is -0.385 e. The third-order valence-electron chi connectivity index (χ3n) is 5.67. The number of nitrogens with zero attached hydrogens (tertiary/aromatic N) is 3. The van der Waals surface area contributed by atoms with Crippen LogP contribution in [0.15, 0.2) is 0 Å². The summed E-state index contributed by atoms with van der Waals surface area (Å²) in [4.78, 5) is 12.2. The summed E-state index contributed by atoms with van der Waals surface area (Å²) in [5.74, 6) is 5.31. The predicted molar refractivity (Wildman–Crippen MR) is 108 cm³/mol. The second-order valence-electron chi connectivity index (χ2n) is 8.02. The van der Waals surface area contributed by atoms with Gasteiger partial charge in [-0.05, 0) is 46.4 Å². The standard InChI is InChI=1S/C19H41N5O3/c1-22-9-5-17(6-10-22)21-19(7-13-27-20)24-11-14-26-18(16-24)15-23(2)8-4-12-25-3/h17-19,21H,4-16,20H2,1-3H3. The number of nitrogens with one attached hydrogen (secondary N) is 1. The molecule has 2 fully saturated rings. The van der Waals surface area contributed by atoms with E-state index in [0.717, 1.165) is 65.3 Å². The minimum absolute atomic E-state index is 0.242. The highest BCUT2D eigenvalue weighted by Gasteiger charge is 2.29. The molecule has 0 aromatic carbocycles. The lowest BCUT2D eigenvalue weighted by molar-refractivity contribution is -0.0652. The first-order chi connectivity index (χ1) is 13.1. The number of methoxy groups -OCH3 is 1. The maximum atomic E-state index is 6.04. The summed E-state index contributed by atoms with van der Waals surface area (Å²) in [5.41, 5.74) is 0. The van der Waals surface area contributed by atoms with Crippen LogP contribution in [-0.2, 0) is 14.3 Å². The quantitative estimate of drug-likeness (QED) is 0.357. The highest BCUT2D eigenvalue weighted by atomic mass is 16.6. The molecule has 160 valence electrons. The van der Waals surface area contributed by atoms with Crippen molar-refractivity contribution in [1.29, 1.82) is 0 Å². The Bertz CT molecular complexity index is 382. The Morgan fingerprint density at radius 3 is 2.74 bits per heavy atom. The first-order valence-electron chi connectivity index (χ1n) is 10.4. The molecule has 2 saturated heterocycles. The number of likely N-dealkylation sites (tertiary alicyclic amines) is 1. The third kappa shape index (κ3) is 8.70. The van der Waals surface area contributed by atoms with E-state index in [-0.39, 0.29) is 6.10 Å². The van der Waals surface area contributed by atoms with Crippen LogP contribution in [0, 0.1) is 0 Å². The first kappa shape index (κ1) is 23.0. The van der Waals surface area contributed by atoms with Gasteiger partial charge >= 0.3 is 0 Å². The van der Waals surface area contributed by atoms with Crippen LogP contribution in [0.2, 0.25) is 0 Å². The van der Waals surface area contributed by atoms with Gasteiger partial charge in [0.05, 0.1) is 25.5 Å². The molecular formula is C19H41N5O3. The fraction of sp³-hybridized carbons (Fsp3) is 1.00. The lowest BCUT2D eigenvalue weighted by atomic mass is 10.0. The van der Waals surface area contributed by atoms with Crippen LogP contribution in [0.3, 0.4) is 0 Å². The summed E-state index contributed by atoms with van der Waals surface area (Å²) in [6.45, 7) is 8.38. The molecule has 2 aliphatic heterocycles. The van der Waals surface area contributed by atoms with E-state index in [1.165, 1.54) is 12.8 Å². The summed E-state index contributed by atoms with van der Waals surface area (Å²) >= 11 is 0. The molecule has 0 radical (unpaired) electrons. The van der Waals surface area contributed by atoms with Crippen molar-refractivity contribution in [2.45, 2.75) is 44.0 Å². The van der Waals surface area contributed by atoms with E-state index in [1.54, 1.807) is 7.11 Å². The van der Waals surface area contributed by atoms with Crippen LogP contribution in [0.25, 0.3) is 0 Å². The van der Waals surface area contributed by atoms with Gasteiger partial charge in [0.25, 0.3) is 0 Å². The normalized spacial score (nSPS) is 24.6. The lowest BCUT2D eigenvalue weighted by Gasteiger charge is -2.42. The van der Waals surface area contributed by atoms with Gasteiger partial charge in [-0.3, -0.25) is 10.2 Å². The molecule has 2 rings (SSSR count). The smallest absolute Gasteiger partial charge is 0.0829 e. The fourth-order valence-electron chi connectivity index (χ4n) is 4.05. The fourth-order valence-corrected chi connectivity index (χ4v) is 4.05. The van der Waals surface area contributed by atoms with Crippen LogP contribution in [0.4, 0.5) is 0 Å². The first-order valence-corrected chi connectivity index (χ1v) is 10.4. The van der Waals surface area contributed by atoms with E-state index < -0.39 is 0 Å². The molecule has 0 aliphatic carbocycles. The largest absolute Gasteiger partial charge is 0.385 e. The summed E-state index contributed by atoms with van der Waals surface area (Å²) in [5, 5.41) is 3.87. The van der Waals surface area contributed by atoms with E-state index in [2.05, 4.69) is 34.1 Å². The second kappa shape index (κ2) is 13.0. The van der Waals surface area contributed by atoms with Crippen molar-refractivity contribution in [3.8, 4) is 0 Å². The average molecular weight is 388 g/mol. The Hall–Kier alpha value is -0.320. The Labute approximate surface area is 165 Å². The van der Waals surface area contributed by atoms with Gasteiger partial charge < -0.3 is 24.1 Å². The van der Waals surface area contributed by atoms with Gasteiger partial charge in [0.2, 0.25) is 0 Å². The highest BCUT2D eigenvalue weighted by Crippen LogP contribution is 2.15. The van der Waals surface area contributed by atoms with Crippen molar-refractivity contribution in [3.63, 3.8) is 0 Å². The molecule has 8 heteroatoms. The number of piperidine rings is 1. The van der Waals surface area contributed by atoms with Crippen molar-refractivity contribution in [1.82, 2.24) is 20.0 Å². The topological polar surface area (TPSA) is 75.5 Å². The molecule has 2 heterocycles. The molecule has 0 amide bonds. The van der Waals surface area contributed by atoms with Gasteiger partial charge in [-0.1, -0.05) is 0 Å². The Kier molecular flexibility index (Phi) is 11.1. The molecule has 0 saturated carbocycles. The molecular weight excluding hydrogens is 346 g/mol. The molecule has 27 heavy (non-hydrogen) atoms. The maximum absolute atomic E-state index is 6.04. The molecule has 3 N–H and O–H groups in total. The number of ether oxygens (including phenoxy) is 2. The summed E-state index contributed by atoms with van der Waals surface area (Å²) < 4.78 is 11.2. The van der Waals surface area contributed by atoms with Gasteiger partial charge in [0.15, 0.2) is 0 Å². The summed E-state index contributed by atoms with van der Waals surface area (Å²) in [6, 6.07) is 0.571. The third-order valence-corrected chi connectivity index (χ3v) is 5.67. The number of likely N-dealkylation sites (N-methyl/N-ethyl adjacent to an activating group) is 1. The number of morpholine rings is 1. The minimum atomic E-state index is 0.242. The summed E-state index contributed by atoms with van der Waals surface area (Å²) in [7, 11) is 6.12. The zero-order valence-corrected chi connectivity index (χ0v) is 17.6. The van der Waals surface area contributed by atoms with Crippen molar-refractivity contribution < 1.29 is 14.3 Å². The highest BCUT2D eigenvalue weighted by molar-refractivity contribution is 4.83. The molecule has 2 unspecified atom stereocenters. The molecule has 8 nitrogen and oxygen atoms in total. The monoisotopic (exact) mass is 387 g/mol. The maximum Gasteiger partial charge on any atom is 0.0829 e. The van der Waals surface area contributed by atoms with Gasteiger partial charge in [0.1, 0.15) is 0 Å². The van der Waals surface area contributed by atoms with Crippen molar-refractivity contribution in [3.05, 3.63) is 0 Å². The number of nitrogens with two attached hydrogens (primary N) is 1. The SMILES string of the molecule is COCCCN(C)CC1CN(C(CCON)NC2CCN(C)CC2)CCO1. The molecule has 0 spiro atoms. The van der Waals surface area contributed by atoms with E-state index in [4.69, 9.17) is 20.2 Å². The van der Waals surface area contributed by atoms with Crippen LogP contribution in [0.1, 0.15) is 25.7 Å². The Balaban J connectivity index is 1.82. The van der Waals surface area contributed by atoms with Gasteiger partial charge in [-0.15, -0.1) is 0 Å². The van der Waals surface area contributed by atoms with E-state index in [1.807, 2.05) is 0 Å². The van der Waals surface area contributed by atoms with E-state index >= 15 is 0 Å². The van der Waals surface area contributed by atoms with E-state index in [0.29, 0.717) is 18.8 Å². The van der Waals surface area contributed by atoms with Crippen LogP contribution in [0.5, 0.6) is 0 Å². The van der Waals surface area contributed by atoms with Gasteiger partial charge in [-0.2, -0.15) is 0 Å². The number of hydrogen-bond donors (Lipinski definition) is 2. The predicted octanol–water partition coefficient (Wildman–Crippen LogP) is -0.0542. The number of hydrogen-bond acceptors (Lipinski definition) is 8. The van der Waals surface area contributed by atoms with Gasteiger partial charge in [-0.25, -0.2) is 5.90 Å². The van der Waals surface area contributed by atoms with Crippen molar-refractivity contribution >= 4 is 0 Å². The molecule has 0 aromatic heterocycles. The summed E-state index contributed by atoms with van der Waals surface area (Å²) in [6.07, 6.45) is 4.90. The lowest BCUT2D eigenvalue weighted by Crippen LogP contribution is -2.58. The number of rotatable bonds is 12. The Morgan fingerprint density at radius 1 is 1.26 bits per heavy atom. The molecule has 2 aliphatic rings.